The molecule has 2 unspecified atom stereocenters. The van der Waals surface area contributed by atoms with Gasteiger partial charge in [-0.1, -0.05) is 60.7 Å². The predicted octanol–water partition coefficient (Wildman–Crippen LogP) is 3.00. The molecule has 0 amide bonds. The van der Waals surface area contributed by atoms with E-state index in [1.807, 2.05) is 60.7 Å². The van der Waals surface area contributed by atoms with Crippen molar-refractivity contribution in [1.29, 1.82) is 0 Å². The molecule has 3 N–H and O–H groups in total. The molecule has 3 heterocycles. The average molecular weight is 464 g/mol. The summed E-state index contributed by atoms with van der Waals surface area (Å²) < 4.78 is 34.9. The standard InChI is InChI=1S/C25H25FN4O4/c26-23-22(33-14-18-9-5-2-6-10-18)20(15-32-13-17-7-3-1-4-8-17)34-25(23,31)21-12-11-19-24(27)28-16-29-30(19)21/h1-12,16,20,22-23,31H,13-15H2,(H2,27,28,29)/t20?,22-,23-,25?/m1/s1. The number of halogens is 1. The fourth-order valence-corrected chi connectivity index (χ4v) is 4.15. The largest absolute Gasteiger partial charge is 0.382 e. The molecule has 5 rings (SSSR count). The van der Waals surface area contributed by atoms with Crippen LogP contribution in [-0.2, 0) is 33.2 Å². The highest BCUT2D eigenvalue weighted by molar-refractivity contribution is 5.65. The molecule has 0 aliphatic carbocycles. The van der Waals surface area contributed by atoms with Gasteiger partial charge in [-0.2, -0.15) is 5.10 Å². The molecular formula is C25H25FN4O4. The number of nitrogen functional groups attached to an aromatic ring is 1. The van der Waals surface area contributed by atoms with E-state index in [1.54, 1.807) is 6.07 Å². The first-order chi connectivity index (χ1) is 16.6. The van der Waals surface area contributed by atoms with E-state index in [4.69, 9.17) is 19.9 Å². The second-order valence-electron chi connectivity index (χ2n) is 8.18. The van der Waals surface area contributed by atoms with Crippen LogP contribution in [0.1, 0.15) is 16.8 Å². The first-order valence-electron chi connectivity index (χ1n) is 11.0. The zero-order valence-electron chi connectivity index (χ0n) is 18.3. The molecule has 34 heavy (non-hydrogen) atoms. The van der Waals surface area contributed by atoms with Crippen molar-refractivity contribution in [3.63, 3.8) is 0 Å². The molecule has 176 valence electrons. The number of nitrogens with zero attached hydrogens (tertiary/aromatic N) is 3. The van der Waals surface area contributed by atoms with E-state index in [0.717, 1.165) is 11.1 Å². The Bertz CT molecular complexity index is 1240. The Kier molecular flexibility index (Phi) is 6.25. The zero-order valence-corrected chi connectivity index (χ0v) is 18.3. The minimum absolute atomic E-state index is 0.0253. The van der Waals surface area contributed by atoms with E-state index >= 15 is 4.39 Å². The Balaban J connectivity index is 1.39. The summed E-state index contributed by atoms with van der Waals surface area (Å²) in [5, 5.41) is 15.5. The van der Waals surface area contributed by atoms with E-state index in [-0.39, 0.29) is 24.7 Å². The molecule has 4 atom stereocenters. The molecule has 9 heteroatoms. The number of fused-ring (bicyclic) bond motifs is 1. The number of ether oxygens (including phenoxy) is 3. The summed E-state index contributed by atoms with van der Waals surface area (Å²) in [6, 6.07) is 22.2. The highest BCUT2D eigenvalue weighted by Gasteiger charge is 2.58. The first-order valence-corrected chi connectivity index (χ1v) is 11.0. The van der Waals surface area contributed by atoms with Gasteiger partial charge in [0.25, 0.3) is 0 Å². The third kappa shape index (κ3) is 4.26. The fraction of sp³-hybridized carbons (Fsp3) is 0.280. The zero-order chi connectivity index (χ0) is 23.5. The van der Waals surface area contributed by atoms with Crippen LogP contribution in [0.3, 0.4) is 0 Å². The van der Waals surface area contributed by atoms with Gasteiger partial charge in [-0.3, -0.25) is 0 Å². The molecule has 0 bridgehead atoms. The van der Waals surface area contributed by atoms with Crippen LogP contribution in [0.15, 0.2) is 79.1 Å². The molecule has 1 aliphatic heterocycles. The number of hydrogen-bond donors (Lipinski definition) is 2. The molecule has 2 aromatic heterocycles. The molecule has 8 nitrogen and oxygen atoms in total. The van der Waals surface area contributed by atoms with Crippen molar-refractivity contribution in [3.05, 3.63) is 95.9 Å². The van der Waals surface area contributed by atoms with E-state index in [9.17, 15) is 5.11 Å². The number of nitrogens with two attached hydrogens (primary N) is 1. The lowest BCUT2D eigenvalue weighted by Crippen LogP contribution is -2.40. The van der Waals surface area contributed by atoms with Gasteiger partial charge in [0.05, 0.1) is 19.8 Å². The maximum absolute atomic E-state index is 15.9. The van der Waals surface area contributed by atoms with Crippen molar-refractivity contribution in [1.82, 2.24) is 14.6 Å². The quantitative estimate of drug-likeness (QED) is 0.413. The average Bonchev–Trinajstić information content (AvgIpc) is 3.40. The van der Waals surface area contributed by atoms with Crippen molar-refractivity contribution >= 4 is 11.3 Å². The van der Waals surface area contributed by atoms with E-state index in [2.05, 4.69) is 10.1 Å². The Hall–Kier alpha value is -3.37. The summed E-state index contributed by atoms with van der Waals surface area (Å²) in [7, 11) is 0. The van der Waals surface area contributed by atoms with E-state index in [1.165, 1.54) is 16.9 Å². The lowest BCUT2D eigenvalue weighted by Gasteiger charge is -2.24. The van der Waals surface area contributed by atoms with Crippen molar-refractivity contribution in [2.24, 2.45) is 0 Å². The number of aromatic nitrogens is 3. The Morgan fingerprint density at radius 1 is 1.00 bits per heavy atom. The Labute approximate surface area is 195 Å². The third-order valence-corrected chi connectivity index (χ3v) is 5.89. The van der Waals surface area contributed by atoms with Crippen molar-refractivity contribution in [2.45, 2.75) is 37.4 Å². The Morgan fingerprint density at radius 3 is 2.38 bits per heavy atom. The van der Waals surface area contributed by atoms with Gasteiger partial charge < -0.3 is 25.1 Å². The molecule has 1 aliphatic rings. The van der Waals surface area contributed by atoms with Gasteiger partial charge in [0.1, 0.15) is 29.7 Å². The molecule has 0 radical (unpaired) electrons. The summed E-state index contributed by atoms with van der Waals surface area (Å²) in [5.41, 5.74) is 8.29. The summed E-state index contributed by atoms with van der Waals surface area (Å²) in [6.45, 7) is 0.501. The highest BCUT2D eigenvalue weighted by atomic mass is 19.1. The molecular weight excluding hydrogens is 439 g/mol. The topological polar surface area (TPSA) is 104 Å². The number of hydrogen-bond acceptors (Lipinski definition) is 7. The van der Waals surface area contributed by atoms with Gasteiger partial charge in [0.2, 0.25) is 5.79 Å². The number of rotatable bonds is 8. The predicted molar refractivity (Wildman–Crippen MR) is 122 cm³/mol. The van der Waals surface area contributed by atoms with E-state index in [0.29, 0.717) is 12.1 Å². The molecule has 4 aromatic rings. The summed E-state index contributed by atoms with van der Waals surface area (Å²) in [5.74, 6) is -2.10. The van der Waals surface area contributed by atoms with Crippen molar-refractivity contribution < 1.29 is 23.7 Å². The van der Waals surface area contributed by atoms with Crippen molar-refractivity contribution in [2.75, 3.05) is 12.3 Å². The molecule has 1 saturated heterocycles. The van der Waals surface area contributed by atoms with Crippen LogP contribution >= 0.6 is 0 Å². The van der Waals surface area contributed by atoms with Crippen LogP contribution in [0.25, 0.3) is 5.52 Å². The van der Waals surface area contributed by atoms with Gasteiger partial charge in [-0.25, -0.2) is 13.9 Å². The summed E-state index contributed by atoms with van der Waals surface area (Å²) in [4.78, 5) is 3.94. The molecule has 1 fully saturated rings. The van der Waals surface area contributed by atoms with Crippen LogP contribution in [-0.4, -0.2) is 44.7 Å². The van der Waals surface area contributed by atoms with Crippen LogP contribution in [0.2, 0.25) is 0 Å². The van der Waals surface area contributed by atoms with Crippen LogP contribution in [0.4, 0.5) is 10.2 Å². The maximum Gasteiger partial charge on any atom is 0.245 e. The number of aliphatic hydroxyl groups is 1. The molecule has 0 saturated carbocycles. The van der Waals surface area contributed by atoms with Crippen LogP contribution in [0.5, 0.6) is 0 Å². The monoisotopic (exact) mass is 464 g/mol. The van der Waals surface area contributed by atoms with Gasteiger partial charge in [-0.15, -0.1) is 0 Å². The van der Waals surface area contributed by atoms with Crippen LogP contribution in [0, 0.1) is 0 Å². The smallest absolute Gasteiger partial charge is 0.245 e. The normalized spacial score (nSPS) is 24.6. The minimum Gasteiger partial charge on any atom is -0.382 e. The lowest BCUT2D eigenvalue weighted by molar-refractivity contribution is -0.232. The van der Waals surface area contributed by atoms with Gasteiger partial charge in [0.15, 0.2) is 12.0 Å². The minimum atomic E-state index is -2.31. The van der Waals surface area contributed by atoms with Crippen molar-refractivity contribution in [3.8, 4) is 0 Å². The fourth-order valence-electron chi connectivity index (χ4n) is 4.15. The first kappa shape index (κ1) is 22.4. The number of benzene rings is 2. The second kappa shape index (κ2) is 9.47. The third-order valence-electron chi connectivity index (χ3n) is 5.89. The van der Waals surface area contributed by atoms with Gasteiger partial charge in [-0.05, 0) is 23.3 Å². The summed E-state index contributed by atoms with van der Waals surface area (Å²) in [6.07, 6.45) is -2.61. The lowest BCUT2D eigenvalue weighted by atomic mass is 10.0. The van der Waals surface area contributed by atoms with Crippen LogP contribution < -0.4 is 5.73 Å². The molecule has 0 spiro atoms. The summed E-state index contributed by atoms with van der Waals surface area (Å²) >= 11 is 0. The van der Waals surface area contributed by atoms with Gasteiger partial charge in [0, 0.05) is 0 Å². The Morgan fingerprint density at radius 2 is 1.68 bits per heavy atom. The molecule has 2 aromatic carbocycles. The number of anilines is 1. The highest BCUT2D eigenvalue weighted by Crippen LogP contribution is 2.42. The van der Waals surface area contributed by atoms with Gasteiger partial charge >= 0.3 is 0 Å². The maximum atomic E-state index is 15.9. The second-order valence-corrected chi connectivity index (χ2v) is 8.18. The SMILES string of the molecule is Nc1ncnn2c(C3(O)OC(COCc4ccccc4)[C@@H](OCc4ccccc4)[C@H]3F)ccc12. The van der Waals surface area contributed by atoms with E-state index < -0.39 is 24.2 Å². The number of alkyl halides is 1.